The molecule has 94 valence electrons. The highest BCUT2D eigenvalue weighted by molar-refractivity contribution is 6.06. The fraction of sp³-hybridized carbons (Fsp3) is 0.357. The van der Waals surface area contributed by atoms with E-state index in [1.54, 1.807) is 6.20 Å². The zero-order chi connectivity index (χ0) is 12.5. The highest BCUT2D eigenvalue weighted by Crippen LogP contribution is 2.21. The molecule has 0 radical (unpaired) electrons. The lowest BCUT2D eigenvalue weighted by atomic mass is 10.1. The van der Waals surface area contributed by atoms with Crippen LogP contribution in [0.2, 0.25) is 0 Å². The van der Waals surface area contributed by atoms with Gasteiger partial charge in [0.15, 0.2) is 0 Å². The lowest BCUT2D eigenvalue weighted by molar-refractivity contribution is 0.0711. The molecular formula is C14H17N3O. The topological polar surface area (TPSA) is 62.1 Å². The van der Waals surface area contributed by atoms with Crippen LogP contribution >= 0.6 is 0 Å². The summed E-state index contributed by atoms with van der Waals surface area (Å²) < 4.78 is 0. The van der Waals surface area contributed by atoms with Crippen LogP contribution in [0.1, 0.15) is 23.2 Å². The number of likely N-dealkylation sites (tertiary alicyclic amines) is 1. The van der Waals surface area contributed by atoms with Crippen LogP contribution in [0.5, 0.6) is 0 Å². The number of nitrogens with one attached hydrogen (secondary N) is 1. The average molecular weight is 243 g/mol. The molecule has 1 aromatic heterocycles. The van der Waals surface area contributed by atoms with Crippen LogP contribution in [0.3, 0.4) is 0 Å². The van der Waals surface area contributed by atoms with E-state index in [1.807, 2.05) is 29.2 Å². The molecule has 0 aliphatic carbocycles. The van der Waals surface area contributed by atoms with E-state index in [2.05, 4.69) is 4.98 Å². The van der Waals surface area contributed by atoms with Crippen molar-refractivity contribution in [2.24, 2.45) is 5.73 Å². The molecule has 1 fully saturated rings. The second kappa shape index (κ2) is 4.46. The predicted octanol–water partition coefficient (Wildman–Crippen LogP) is 1.73. The van der Waals surface area contributed by atoms with Gasteiger partial charge in [0, 0.05) is 36.2 Å². The Hall–Kier alpha value is -1.81. The van der Waals surface area contributed by atoms with Gasteiger partial charge in [-0.1, -0.05) is 18.2 Å². The number of hydrogen-bond acceptors (Lipinski definition) is 2. The molecule has 4 nitrogen and oxygen atoms in total. The maximum Gasteiger partial charge on any atom is 0.256 e. The van der Waals surface area contributed by atoms with Crippen molar-refractivity contribution in [1.82, 2.24) is 9.88 Å². The second-order valence-electron chi connectivity index (χ2n) is 4.90. The number of rotatable bonds is 1. The number of fused-ring (bicyclic) bond motifs is 1. The largest absolute Gasteiger partial charge is 0.360 e. The van der Waals surface area contributed by atoms with Crippen LogP contribution in [0.15, 0.2) is 30.5 Å². The van der Waals surface area contributed by atoms with Gasteiger partial charge in [-0.05, 0) is 18.9 Å². The fourth-order valence-electron chi connectivity index (χ4n) is 2.61. The highest BCUT2D eigenvalue weighted by Gasteiger charge is 2.23. The Morgan fingerprint density at radius 2 is 2.22 bits per heavy atom. The molecule has 1 aliphatic rings. The molecule has 4 heteroatoms. The van der Waals surface area contributed by atoms with Crippen molar-refractivity contribution in [3.63, 3.8) is 0 Å². The first-order chi connectivity index (χ1) is 8.75. The van der Waals surface area contributed by atoms with Crippen LogP contribution < -0.4 is 5.73 Å². The van der Waals surface area contributed by atoms with Crippen molar-refractivity contribution < 1.29 is 4.79 Å². The normalized spacial score (nSPS) is 20.3. The molecular weight excluding hydrogens is 226 g/mol. The van der Waals surface area contributed by atoms with Gasteiger partial charge >= 0.3 is 0 Å². The molecule has 1 saturated heterocycles. The minimum absolute atomic E-state index is 0.0857. The lowest BCUT2D eigenvalue weighted by Crippen LogP contribution is -2.45. The quantitative estimate of drug-likeness (QED) is 0.801. The summed E-state index contributed by atoms with van der Waals surface area (Å²) in [5.41, 5.74) is 7.68. The number of H-pyrrole nitrogens is 1. The summed E-state index contributed by atoms with van der Waals surface area (Å²) in [5, 5.41) is 0.988. The first-order valence-corrected chi connectivity index (χ1v) is 6.36. The highest BCUT2D eigenvalue weighted by atomic mass is 16.2. The Labute approximate surface area is 106 Å². The van der Waals surface area contributed by atoms with Crippen molar-refractivity contribution in [2.75, 3.05) is 13.1 Å². The van der Waals surface area contributed by atoms with Crippen molar-refractivity contribution in [3.8, 4) is 0 Å². The van der Waals surface area contributed by atoms with Gasteiger partial charge in [0.25, 0.3) is 5.91 Å². The van der Waals surface area contributed by atoms with Crippen LogP contribution in [0.4, 0.5) is 0 Å². The third-order valence-corrected chi connectivity index (χ3v) is 3.56. The maximum atomic E-state index is 12.5. The molecule has 2 heterocycles. The molecule has 0 spiro atoms. The smallest absolute Gasteiger partial charge is 0.256 e. The summed E-state index contributed by atoms with van der Waals surface area (Å²) in [6, 6.07) is 7.99. The number of carbonyl (C=O) groups excluding carboxylic acids is 1. The van der Waals surface area contributed by atoms with E-state index >= 15 is 0 Å². The summed E-state index contributed by atoms with van der Waals surface area (Å²) in [5.74, 6) is 0.0857. The van der Waals surface area contributed by atoms with Gasteiger partial charge in [-0.15, -0.1) is 0 Å². The Morgan fingerprint density at radius 1 is 1.39 bits per heavy atom. The van der Waals surface area contributed by atoms with Gasteiger partial charge in [0.05, 0.1) is 5.56 Å². The molecule has 0 saturated carbocycles. The van der Waals surface area contributed by atoms with E-state index in [1.165, 1.54) is 0 Å². The number of nitrogens with zero attached hydrogens (tertiary/aromatic N) is 1. The molecule has 1 aliphatic heterocycles. The molecule has 18 heavy (non-hydrogen) atoms. The molecule has 1 amide bonds. The maximum absolute atomic E-state index is 12.5. The Balaban J connectivity index is 1.92. The first kappa shape index (κ1) is 11.3. The number of piperidine rings is 1. The third kappa shape index (κ3) is 1.88. The van der Waals surface area contributed by atoms with Crippen LogP contribution in [0.25, 0.3) is 10.9 Å². The molecule has 1 unspecified atom stereocenters. The number of aromatic amines is 1. The third-order valence-electron chi connectivity index (χ3n) is 3.56. The SMILES string of the molecule is NC1CCCN(C(=O)c2c[nH]c3ccccc23)C1. The van der Waals surface area contributed by atoms with Crippen molar-refractivity contribution in [3.05, 3.63) is 36.0 Å². The summed E-state index contributed by atoms with van der Waals surface area (Å²) >= 11 is 0. The van der Waals surface area contributed by atoms with E-state index in [9.17, 15) is 4.79 Å². The van der Waals surface area contributed by atoms with Gasteiger partial charge in [0.2, 0.25) is 0 Å². The number of hydrogen-bond donors (Lipinski definition) is 2. The molecule has 3 N–H and O–H groups in total. The fourth-order valence-corrected chi connectivity index (χ4v) is 2.61. The van der Waals surface area contributed by atoms with Gasteiger partial charge in [-0.3, -0.25) is 4.79 Å². The predicted molar refractivity (Wildman–Crippen MR) is 71.4 cm³/mol. The van der Waals surface area contributed by atoms with E-state index in [4.69, 9.17) is 5.73 Å². The standard InChI is InChI=1S/C14H17N3O/c15-10-4-3-7-17(9-10)14(18)12-8-16-13-6-2-1-5-11(12)13/h1-2,5-6,8,10,16H,3-4,7,9,15H2. The van der Waals surface area contributed by atoms with Gasteiger partial charge < -0.3 is 15.6 Å². The van der Waals surface area contributed by atoms with Crippen molar-refractivity contribution in [2.45, 2.75) is 18.9 Å². The minimum Gasteiger partial charge on any atom is -0.360 e. The van der Waals surface area contributed by atoms with Gasteiger partial charge in [-0.25, -0.2) is 0 Å². The minimum atomic E-state index is 0.0857. The first-order valence-electron chi connectivity index (χ1n) is 6.36. The number of benzene rings is 1. The van der Waals surface area contributed by atoms with Crippen LogP contribution in [-0.4, -0.2) is 34.9 Å². The van der Waals surface area contributed by atoms with Crippen molar-refractivity contribution in [1.29, 1.82) is 0 Å². The number of nitrogens with two attached hydrogens (primary N) is 1. The second-order valence-corrected chi connectivity index (χ2v) is 4.90. The summed E-state index contributed by atoms with van der Waals surface area (Å²) in [7, 11) is 0. The molecule has 0 bridgehead atoms. The van der Waals surface area contributed by atoms with Gasteiger partial charge in [0.1, 0.15) is 0 Å². The number of amides is 1. The lowest BCUT2D eigenvalue weighted by Gasteiger charge is -2.30. The Bertz CT molecular complexity index is 575. The van der Waals surface area contributed by atoms with Gasteiger partial charge in [-0.2, -0.15) is 0 Å². The van der Waals surface area contributed by atoms with E-state index in [0.717, 1.165) is 35.9 Å². The monoisotopic (exact) mass is 243 g/mol. The number of aromatic nitrogens is 1. The molecule has 1 aromatic carbocycles. The Kier molecular flexibility index (Phi) is 2.80. The van der Waals surface area contributed by atoms with Crippen LogP contribution in [0, 0.1) is 0 Å². The molecule has 2 aromatic rings. The summed E-state index contributed by atoms with van der Waals surface area (Å²) in [6.07, 6.45) is 3.81. The van der Waals surface area contributed by atoms with E-state index in [-0.39, 0.29) is 11.9 Å². The number of para-hydroxylation sites is 1. The Morgan fingerprint density at radius 3 is 3.06 bits per heavy atom. The summed E-state index contributed by atoms with van der Waals surface area (Å²) in [6.45, 7) is 1.48. The zero-order valence-electron chi connectivity index (χ0n) is 10.2. The van der Waals surface area contributed by atoms with E-state index in [0.29, 0.717) is 6.54 Å². The van der Waals surface area contributed by atoms with E-state index < -0.39 is 0 Å². The molecule has 3 rings (SSSR count). The zero-order valence-corrected chi connectivity index (χ0v) is 10.2. The summed E-state index contributed by atoms with van der Waals surface area (Å²) in [4.78, 5) is 17.5. The van der Waals surface area contributed by atoms with Crippen molar-refractivity contribution >= 4 is 16.8 Å². The average Bonchev–Trinajstić information content (AvgIpc) is 2.82. The number of carbonyl (C=O) groups is 1. The van der Waals surface area contributed by atoms with Crippen LogP contribution in [-0.2, 0) is 0 Å². The molecule has 1 atom stereocenters.